The number of piperidine rings is 1. The van der Waals surface area contributed by atoms with Crippen molar-refractivity contribution in [1.29, 1.82) is 0 Å². The van der Waals surface area contributed by atoms with Gasteiger partial charge < -0.3 is 29.2 Å². The molecule has 11 nitrogen and oxygen atoms in total. The lowest BCUT2D eigenvalue weighted by atomic mass is 9.90. The second-order valence-corrected chi connectivity index (χ2v) is 10.4. The van der Waals surface area contributed by atoms with Gasteiger partial charge in [-0.3, -0.25) is 14.6 Å². The molecule has 1 unspecified atom stereocenters. The monoisotopic (exact) mass is 522 g/mol. The van der Waals surface area contributed by atoms with Gasteiger partial charge in [-0.05, 0) is 47.5 Å². The number of H-pyrrole nitrogens is 1. The van der Waals surface area contributed by atoms with Crippen LogP contribution in [0.3, 0.4) is 0 Å². The Morgan fingerprint density at radius 1 is 1.21 bits per heavy atom. The number of imidazole rings is 1. The number of β-amino-alcohol motifs (C(OH)–C–C–N with tert-alkyl or cyclic N) is 1. The summed E-state index contributed by atoms with van der Waals surface area (Å²) in [6.45, 7) is 5.35. The van der Waals surface area contributed by atoms with Crippen LogP contribution < -0.4 is 4.74 Å². The Morgan fingerprint density at radius 3 is 2.61 bits per heavy atom. The van der Waals surface area contributed by atoms with Crippen LogP contribution in [0.25, 0.3) is 0 Å². The van der Waals surface area contributed by atoms with E-state index in [0.29, 0.717) is 48.6 Å². The highest BCUT2D eigenvalue weighted by atomic mass is 16.5. The smallest absolute Gasteiger partial charge is 0.271 e. The average Bonchev–Trinajstić information content (AvgIpc) is 3.68. The fourth-order valence-electron chi connectivity index (χ4n) is 5.58. The summed E-state index contributed by atoms with van der Waals surface area (Å²) in [5.74, 6) is 0.631. The molecule has 0 saturated carbocycles. The van der Waals surface area contributed by atoms with Crippen LogP contribution in [0.2, 0.25) is 0 Å². The van der Waals surface area contributed by atoms with Gasteiger partial charge in [0.2, 0.25) is 5.91 Å². The quantitative estimate of drug-likeness (QED) is 0.483. The van der Waals surface area contributed by atoms with Crippen LogP contribution in [0.4, 0.5) is 0 Å². The standard InChI is InChI=1S/C27H34N6O5/c1-16(2)24(22-13-23(37-3)31-38-22)27(36)33-15-19(34)12-21(33)25-29-14-20(30-25)26(35)32-10-6-18(7-11-32)17-4-8-28-9-5-17/h4-5,8-9,13-14,16,18-19,21,24,34H,6-7,10-12,15H2,1-3H3,(H,29,30)/t19-,21+,24?/m1/s1. The van der Waals surface area contributed by atoms with Crippen molar-refractivity contribution in [2.75, 3.05) is 26.7 Å². The van der Waals surface area contributed by atoms with Gasteiger partial charge in [-0.15, -0.1) is 0 Å². The SMILES string of the molecule is COc1cc(C(C(=O)N2C[C@H](O)C[C@H]2c2ncc(C(=O)N3CCC(c4ccncc4)CC3)[nH]2)C(C)C)on1. The summed E-state index contributed by atoms with van der Waals surface area (Å²) >= 11 is 0. The van der Waals surface area contributed by atoms with E-state index in [9.17, 15) is 14.7 Å². The molecule has 2 N–H and O–H groups in total. The van der Waals surface area contributed by atoms with E-state index in [2.05, 4.69) is 20.1 Å². The molecular weight excluding hydrogens is 488 g/mol. The summed E-state index contributed by atoms with van der Waals surface area (Å²) in [5.41, 5.74) is 1.64. The molecule has 5 heterocycles. The number of aromatic nitrogens is 4. The zero-order valence-corrected chi connectivity index (χ0v) is 21.9. The maximum atomic E-state index is 13.7. The fourth-order valence-corrected chi connectivity index (χ4v) is 5.58. The average molecular weight is 523 g/mol. The van der Waals surface area contributed by atoms with Gasteiger partial charge >= 0.3 is 0 Å². The van der Waals surface area contributed by atoms with E-state index in [-0.39, 0.29) is 24.3 Å². The first-order valence-electron chi connectivity index (χ1n) is 13.1. The minimum atomic E-state index is -0.697. The predicted molar refractivity (Wildman–Crippen MR) is 136 cm³/mol. The first-order chi connectivity index (χ1) is 18.4. The van der Waals surface area contributed by atoms with Crippen molar-refractivity contribution in [3.05, 3.63) is 59.6 Å². The van der Waals surface area contributed by atoms with Crippen LogP contribution in [-0.4, -0.2) is 79.7 Å². The number of amides is 2. The number of aliphatic hydroxyl groups excluding tert-OH is 1. The molecule has 3 aromatic rings. The van der Waals surface area contributed by atoms with Crippen LogP contribution in [0.15, 0.2) is 41.3 Å². The normalized spacial score (nSPS) is 21.2. The van der Waals surface area contributed by atoms with Crippen molar-refractivity contribution in [2.24, 2.45) is 5.92 Å². The third kappa shape index (κ3) is 5.15. The lowest BCUT2D eigenvalue weighted by Crippen LogP contribution is -2.38. The number of pyridine rings is 1. The molecule has 2 aliphatic rings. The molecule has 0 aromatic carbocycles. The van der Waals surface area contributed by atoms with Gasteiger partial charge in [-0.25, -0.2) is 4.98 Å². The van der Waals surface area contributed by atoms with Crippen LogP contribution in [-0.2, 0) is 4.79 Å². The molecule has 38 heavy (non-hydrogen) atoms. The summed E-state index contributed by atoms with van der Waals surface area (Å²) in [5, 5.41) is 14.3. The maximum Gasteiger partial charge on any atom is 0.271 e. The molecular formula is C27H34N6O5. The zero-order chi connectivity index (χ0) is 26.8. The summed E-state index contributed by atoms with van der Waals surface area (Å²) in [6.07, 6.45) is 6.54. The van der Waals surface area contributed by atoms with E-state index < -0.39 is 18.1 Å². The fraction of sp³-hybridized carbons (Fsp3) is 0.519. The first-order valence-corrected chi connectivity index (χ1v) is 13.1. The number of aromatic amines is 1. The first kappa shape index (κ1) is 25.9. The van der Waals surface area contributed by atoms with E-state index >= 15 is 0 Å². The third-order valence-electron chi connectivity index (χ3n) is 7.62. The molecule has 0 spiro atoms. The summed E-state index contributed by atoms with van der Waals surface area (Å²) in [4.78, 5) is 42.1. The van der Waals surface area contributed by atoms with E-state index in [1.165, 1.54) is 18.9 Å². The Bertz CT molecular complexity index is 1250. The largest absolute Gasteiger partial charge is 0.479 e. The van der Waals surface area contributed by atoms with Crippen LogP contribution in [0.1, 0.15) is 78.6 Å². The zero-order valence-electron chi connectivity index (χ0n) is 21.9. The van der Waals surface area contributed by atoms with Crippen LogP contribution in [0, 0.1) is 5.92 Å². The van der Waals surface area contributed by atoms with E-state index in [4.69, 9.17) is 9.26 Å². The highest BCUT2D eigenvalue weighted by Crippen LogP contribution is 2.37. The van der Waals surface area contributed by atoms with Gasteiger partial charge in [0, 0.05) is 44.5 Å². The minimum absolute atomic E-state index is 0.0811. The highest BCUT2D eigenvalue weighted by Gasteiger charge is 2.42. The summed E-state index contributed by atoms with van der Waals surface area (Å²) < 4.78 is 10.5. The molecule has 0 bridgehead atoms. The Morgan fingerprint density at radius 2 is 1.95 bits per heavy atom. The molecule has 2 saturated heterocycles. The summed E-state index contributed by atoms with van der Waals surface area (Å²) in [7, 11) is 1.49. The van der Waals surface area contributed by atoms with Gasteiger partial charge in [0.25, 0.3) is 11.8 Å². The van der Waals surface area contributed by atoms with Crippen LogP contribution in [0.5, 0.6) is 5.88 Å². The number of nitrogens with one attached hydrogen (secondary N) is 1. The number of carbonyl (C=O) groups is 2. The molecule has 0 radical (unpaired) electrons. The van der Waals surface area contributed by atoms with Gasteiger partial charge in [-0.2, -0.15) is 0 Å². The molecule has 5 rings (SSSR count). The summed E-state index contributed by atoms with van der Waals surface area (Å²) in [6, 6.07) is 5.21. The lowest BCUT2D eigenvalue weighted by Gasteiger charge is -2.32. The molecule has 3 atom stereocenters. The predicted octanol–water partition coefficient (Wildman–Crippen LogP) is 2.90. The second-order valence-electron chi connectivity index (χ2n) is 10.4. The second kappa shape index (κ2) is 10.9. The molecule has 202 valence electrons. The number of hydrogen-bond acceptors (Lipinski definition) is 8. The van der Waals surface area contributed by atoms with Gasteiger partial charge in [0.1, 0.15) is 17.4 Å². The van der Waals surface area contributed by atoms with E-state index in [1.54, 1.807) is 23.4 Å². The van der Waals surface area contributed by atoms with Crippen molar-refractivity contribution in [2.45, 2.75) is 57.1 Å². The number of rotatable bonds is 7. The van der Waals surface area contributed by atoms with Crippen molar-refractivity contribution >= 4 is 11.8 Å². The molecule has 3 aromatic heterocycles. The molecule has 2 amide bonds. The lowest BCUT2D eigenvalue weighted by molar-refractivity contribution is -0.135. The van der Waals surface area contributed by atoms with Crippen molar-refractivity contribution in [1.82, 2.24) is 29.9 Å². The maximum absolute atomic E-state index is 13.7. The van der Waals surface area contributed by atoms with Crippen molar-refractivity contribution in [3.8, 4) is 5.88 Å². The van der Waals surface area contributed by atoms with Crippen LogP contribution >= 0.6 is 0 Å². The Hall–Kier alpha value is -3.73. The van der Waals surface area contributed by atoms with Gasteiger partial charge in [0.05, 0.1) is 25.5 Å². The number of aliphatic hydroxyl groups is 1. The highest BCUT2D eigenvalue weighted by molar-refractivity contribution is 5.92. The van der Waals surface area contributed by atoms with Gasteiger partial charge in [0.15, 0.2) is 5.76 Å². The Balaban J connectivity index is 1.28. The number of likely N-dealkylation sites (tertiary alicyclic amines) is 2. The number of methoxy groups -OCH3 is 1. The topological polar surface area (TPSA) is 138 Å². The third-order valence-corrected chi connectivity index (χ3v) is 7.62. The minimum Gasteiger partial charge on any atom is -0.479 e. The van der Waals surface area contributed by atoms with E-state index in [1.807, 2.05) is 30.9 Å². The van der Waals surface area contributed by atoms with Crippen molar-refractivity contribution in [3.63, 3.8) is 0 Å². The number of hydrogen-bond donors (Lipinski definition) is 2. The molecule has 2 fully saturated rings. The number of carbonyl (C=O) groups excluding carboxylic acids is 2. The molecule has 0 aliphatic carbocycles. The van der Waals surface area contributed by atoms with Crippen molar-refractivity contribution < 1.29 is 24.0 Å². The molecule has 2 aliphatic heterocycles. The number of nitrogens with zero attached hydrogens (tertiary/aromatic N) is 5. The Kier molecular flexibility index (Phi) is 7.46. The number of ether oxygens (including phenoxy) is 1. The van der Waals surface area contributed by atoms with Gasteiger partial charge in [-0.1, -0.05) is 13.8 Å². The Labute approximate surface area is 221 Å². The molecule has 11 heteroatoms. The van der Waals surface area contributed by atoms with E-state index in [0.717, 1.165) is 12.8 Å².